The molecule has 3 N–H and O–H groups in total. The van der Waals surface area contributed by atoms with Crippen molar-refractivity contribution in [2.45, 2.75) is 354 Å². The maximum Gasteiger partial charge on any atom is 0.472 e. The first kappa shape index (κ1) is 99.5. The van der Waals surface area contributed by atoms with E-state index in [0.29, 0.717) is 25.7 Å². The molecule has 598 valence electrons. The van der Waals surface area contributed by atoms with Gasteiger partial charge in [-0.05, 0) is 128 Å². The maximum atomic E-state index is 13.1. The SMILES string of the molecule is CC/C=C\C/C=C\C/C=C\C/C=C\CCCCCCCCC(=O)OCC(COP(=O)(O)OCC(O)COP(=O)(O)OCC(COC(=O)CCCCCCCC/C=C\C/C=C\C/C=C\C/C=C\CC)OC(=O)CCCCCCCCCCCCCCC)OC(=O)CCCCCCC/C=C\C/C=C\CCC. The minimum Gasteiger partial charge on any atom is -0.462 e. The van der Waals surface area contributed by atoms with Crippen molar-refractivity contribution in [3.8, 4) is 0 Å². The summed E-state index contributed by atoms with van der Waals surface area (Å²) in [7, 11) is -9.97. The molecule has 17 nitrogen and oxygen atoms in total. The van der Waals surface area contributed by atoms with Crippen molar-refractivity contribution in [3.63, 3.8) is 0 Å². The fraction of sp³-hybridized carbons (Fsp3) is 0.718. The third kappa shape index (κ3) is 75.7. The first-order chi connectivity index (χ1) is 50.7. The van der Waals surface area contributed by atoms with Crippen molar-refractivity contribution in [2.24, 2.45) is 0 Å². The predicted octanol–water partition coefficient (Wildman–Crippen LogP) is 23.9. The van der Waals surface area contributed by atoms with Crippen LogP contribution >= 0.6 is 15.6 Å². The molecule has 5 atom stereocenters. The summed E-state index contributed by atoms with van der Waals surface area (Å²) < 4.78 is 68.6. The summed E-state index contributed by atoms with van der Waals surface area (Å²) in [5.41, 5.74) is 0. The second kappa shape index (κ2) is 76.6. The Balaban J connectivity index is 5.34. The summed E-state index contributed by atoms with van der Waals surface area (Å²) in [6, 6.07) is 0. The molecule has 0 saturated heterocycles. The molecule has 0 aliphatic heterocycles. The Morgan fingerprint density at radius 3 is 0.808 bits per heavy atom. The lowest BCUT2D eigenvalue weighted by Crippen LogP contribution is -2.30. The van der Waals surface area contributed by atoms with Crippen molar-refractivity contribution in [1.82, 2.24) is 0 Å². The molecular weight excluding hydrogens is 1350 g/mol. The molecule has 5 unspecified atom stereocenters. The fourth-order valence-corrected chi connectivity index (χ4v) is 12.3. The lowest BCUT2D eigenvalue weighted by molar-refractivity contribution is -0.161. The van der Waals surface area contributed by atoms with Crippen LogP contribution in [-0.2, 0) is 65.4 Å². The molecule has 104 heavy (non-hydrogen) atoms. The number of carbonyl (C=O) groups excluding carboxylic acids is 4. The minimum absolute atomic E-state index is 0.0739. The van der Waals surface area contributed by atoms with Gasteiger partial charge in [0.15, 0.2) is 12.2 Å². The number of aliphatic hydroxyl groups excluding tert-OH is 1. The third-order valence-electron chi connectivity index (χ3n) is 16.9. The van der Waals surface area contributed by atoms with E-state index in [-0.39, 0.29) is 25.7 Å². The third-order valence-corrected chi connectivity index (χ3v) is 18.8. The van der Waals surface area contributed by atoms with E-state index < -0.39 is 97.5 Å². The zero-order chi connectivity index (χ0) is 76.0. The van der Waals surface area contributed by atoms with E-state index in [4.69, 9.17) is 37.0 Å². The number of hydrogen-bond acceptors (Lipinski definition) is 15. The molecule has 0 rings (SSSR count). The lowest BCUT2D eigenvalue weighted by atomic mass is 10.0. The fourth-order valence-electron chi connectivity index (χ4n) is 10.8. The van der Waals surface area contributed by atoms with Gasteiger partial charge in [-0.1, -0.05) is 303 Å². The van der Waals surface area contributed by atoms with Gasteiger partial charge in [0.2, 0.25) is 0 Å². The quantitative estimate of drug-likeness (QED) is 0.0169. The number of rotatable bonds is 76. The number of phosphoric ester groups is 2. The number of ether oxygens (including phenoxy) is 4. The predicted molar refractivity (Wildman–Crippen MR) is 427 cm³/mol. The summed E-state index contributed by atoms with van der Waals surface area (Å²) in [6.45, 7) is 4.57. The Hall–Kier alpha value is -4.54. The van der Waals surface area contributed by atoms with Crippen molar-refractivity contribution in [3.05, 3.63) is 122 Å². The van der Waals surface area contributed by atoms with Gasteiger partial charge in [0.05, 0.1) is 26.4 Å². The number of phosphoric acid groups is 2. The summed E-state index contributed by atoms with van der Waals surface area (Å²) in [4.78, 5) is 73.1. The molecule has 0 aliphatic carbocycles. The van der Waals surface area contributed by atoms with Crippen molar-refractivity contribution in [2.75, 3.05) is 39.6 Å². The van der Waals surface area contributed by atoms with Crippen molar-refractivity contribution < 1.29 is 80.2 Å². The molecule has 0 spiro atoms. The minimum atomic E-state index is -4.99. The summed E-state index contributed by atoms with van der Waals surface area (Å²) in [6.07, 6.45) is 84.5. The standard InChI is InChI=1S/C85H146O17P2/c1-5-9-13-17-21-25-29-33-35-37-39-41-43-47-49-53-57-61-65-69-82(87)95-75-80(101-84(89)71-67-63-59-55-51-45-31-27-23-19-15-11-7-3)77-99-103(91,92)97-73-79(86)74-98-104(93,94)100-78-81(102-85(90)72-68-64-60-56-52-46-32-28-24-20-16-12-8-4)76-96-83(88)70-66-62-58-54-50-48-44-42-40-38-36-34-30-26-22-18-14-10-6-2/h9-10,13-15,19,21-22,25-27,31,33-36,39-42,79-81,86H,5-8,11-12,16-18,20,23-24,28-30,32,37-38,43-78H2,1-4H3,(H,91,92)(H,93,94)/b13-9-,14-10-,19-15-,25-21-,26-22-,31-27-,35-33-,36-34-,41-39-,42-40-. The topological polar surface area (TPSA) is 237 Å². The normalized spacial score (nSPS) is 14.5. The molecule has 0 amide bonds. The first-order valence-corrected chi connectivity index (χ1v) is 43.8. The zero-order valence-corrected chi connectivity index (χ0v) is 67.2. The van der Waals surface area contributed by atoms with Crippen LogP contribution in [0.2, 0.25) is 0 Å². The van der Waals surface area contributed by atoms with E-state index in [1.165, 1.54) is 51.4 Å². The molecular formula is C85H146O17P2. The van der Waals surface area contributed by atoms with Gasteiger partial charge in [-0.15, -0.1) is 0 Å². The summed E-state index contributed by atoms with van der Waals surface area (Å²) in [5, 5.41) is 10.6. The highest BCUT2D eigenvalue weighted by Crippen LogP contribution is 2.45. The number of unbranched alkanes of at least 4 members (excludes halogenated alkanes) is 30. The highest BCUT2D eigenvalue weighted by atomic mass is 31.2. The van der Waals surface area contributed by atoms with Gasteiger partial charge in [0.25, 0.3) is 0 Å². The Morgan fingerprint density at radius 1 is 0.279 bits per heavy atom. The first-order valence-electron chi connectivity index (χ1n) is 40.8. The molecule has 0 radical (unpaired) electrons. The maximum absolute atomic E-state index is 13.1. The lowest BCUT2D eigenvalue weighted by Gasteiger charge is -2.21. The van der Waals surface area contributed by atoms with E-state index in [1.54, 1.807) is 0 Å². The largest absolute Gasteiger partial charge is 0.472 e. The number of hydrogen-bond donors (Lipinski definition) is 3. The molecule has 0 aromatic carbocycles. The van der Waals surface area contributed by atoms with Crippen LogP contribution in [0.4, 0.5) is 0 Å². The van der Waals surface area contributed by atoms with E-state index in [1.807, 2.05) is 0 Å². The molecule has 0 heterocycles. The van der Waals surface area contributed by atoms with Crippen molar-refractivity contribution in [1.29, 1.82) is 0 Å². The monoisotopic (exact) mass is 1500 g/mol. The van der Waals surface area contributed by atoms with Gasteiger partial charge in [-0.3, -0.25) is 37.3 Å². The summed E-state index contributed by atoms with van der Waals surface area (Å²) >= 11 is 0. The van der Waals surface area contributed by atoms with Crippen LogP contribution in [0.15, 0.2) is 122 Å². The number of allylic oxidation sites excluding steroid dienone is 20. The molecule has 0 aromatic heterocycles. The Kier molecular flexibility index (Phi) is 73.3. The van der Waals surface area contributed by atoms with E-state index >= 15 is 0 Å². The molecule has 0 aromatic rings. The number of carbonyl (C=O) groups is 4. The molecule has 0 aliphatic rings. The highest BCUT2D eigenvalue weighted by molar-refractivity contribution is 7.47. The number of esters is 4. The molecule has 19 heteroatoms. The smallest absolute Gasteiger partial charge is 0.462 e. The second-order valence-corrected chi connectivity index (χ2v) is 29.9. The average Bonchev–Trinajstić information content (AvgIpc) is 0.913. The van der Waals surface area contributed by atoms with Crippen molar-refractivity contribution >= 4 is 39.5 Å². The van der Waals surface area contributed by atoms with Crippen LogP contribution in [0, 0.1) is 0 Å². The molecule has 0 bridgehead atoms. The average molecular weight is 1500 g/mol. The van der Waals surface area contributed by atoms with Crippen LogP contribution in [-0.4, -0.2) is 96.7 Å². The van der Waals surface area contributed by atoms with E-state index in [9.17, 15) is 43.2 Å². The molecule has 0 fully saturated rings. The highest BCUT2D eigenvalue weighted by Gasteiger charge is 2.30. The van der Waals surface area contributed by atoms with Crippen LogP contribution in [0.25, 0.3) is 0 Å². The Labute approximate surface area is 632 Å². The van der Waals surface area contributed by atoms with Crippen LogP contribution in [0.5, 0.6) is 0 Å². The van der Waals surface area contributed by atoms with E-state index in [0.717, 1.165) is 205 Å². The van der Waals surface area contributed by atoms with Crippen LogP contribution in [0.3, 0.4) is 0 Å². The Morgan fingerprint density at radius 2 is 0.519 bits per heavy atom. The van der Waals surface area contributed by atoms with Gasteiger partial charge in [0, 0.05) is 25.7 Å². The van der Waals surface area contributed by atoms with Crippen LogP contribution in [0.1, 0.15) is 336 Å². The van der Waals surface area contributed by atoms with E-state index in [2.05, 4.69) is 149 Å². The second-order valence-electron chi connectivity index (χ2n) is 27.0. The Bertz CT molecular complexity index is 2440. The van der Waals surface area contributed by atoms with Gasteiger partial charge in [-0.2, -0.15) is 0 Å². The zero-order valence-electron chi connectivity index (χ0n) is 65.4. The van der Waals surface area contributed by atoms with Gasteiger partial charge >= 0.3 is 39.5 Å². The van der Waals surface area contributed by atoms with Gasteiger partial charge < -0.3 is 33.8 Å². The van der Waals surface area contributed by atoms with Gasteiger partial charge in [-0.25, -0.2) is 9.13 Å². The summed E-state index contributed by atoms with van der Waals surface area (Å²) in [5.74, 6) is -2.21. The molecule has 0 saturated carbocycles. The van der Waals surface area contributed by atoms with Crippen LogP contribution < -0.4 is 0 Å². The number of aliphatic hydroxyl groups is 1. The van der Waals surface area contributed by atoms with Gasteiger partial charge in [0.1, 0.15) is 19.3 Å².